The number of carbonyl (C=O) groups excluding carboxylic acids is 1. The smallest absolute Gasteiger partial charge is 0.227 e. The Hall–Kier alpha value is -1.55. The Labute approximate surface area is 100 Å². The molecule has 4 heteroatoms. The Balaban J connectivity index is 1.78. The van der Waals surface area contributed by atoms with E-state index in [1.807, 2.05) is 29.2 Å². The van der Waals surface area contributed by atoms with Crippen LogP contribution in [0.25, 0.3) is 0 Å². The predicted octanol–water partition coefficient (Wildman–Crippen LogP) is 0.755. The molecular formula is C13H16N2O2. The third-order valence-corrected chi connectivity index (χ3v) is 3.42. The van der Waals surface area contributed by atoms with Crippen molar-refractivity contribution in [3.05, 3.63) is 29.8 Å². The van der Waals surface area contributed by atoms with Crippen molar-refractivity contribution >= 4 is 5.91 Å². The lowest BCUT2D eigenvalue weighted by Crippen LogP contribution is -2.35. The van der Waals surface area contributed by atoms with Gasteiger partial charge >= 0.3 is 0 Å². The molecule has 17 heavy (non-hydrogen) atoms. The van der Waals surface area contributed by atoms with E-state index in [0.29, 0.717) is 19.7 Å². The number of carbonyl (C=O) groups is 1. The summed E-state index contributed by atoms with van der Waals surface area (Å²) in [5.41, 5.74) is 6.81. The van der Waals surface area contributed by atoms with Gasteiger partial charge in [0.05, 0.1) is 12.5 Å². The Morgan fingerprint density at radius 2 is 2.18 bits per heavy atom. The molecular weight excluding hydrogens is 216 g/mol. The van der Waals surface area contributed by atoms with Gasteiger partial charge in [-0.3, -0.25) is 4.79 Å². The summed E-state index contributed by atoms with van der Waals surface area (Å²) >= 11 is 0. The standard InChI is InChI=1S/C13H16N2O2/c14-11-7-10(11)13(16)15-5-6-17-12-4-2-1-3-9(12)8-15/h1-4,10-11H,5-8,14H2. The second-order valence-corrected chi connectivity index (χ2v) is 4.72. The van der Waals surface area contributed by atoms with E-state index in [0.717, 1.165) is 17.7 Å². The van der Waals surface area contributed by atoms with Gasteiger partial charge in [0.2, 0.25) is 5.91 Å². The summed E-state index contributed by atoms with van der Waals surface area (Å²) in [6.45, 7) is 1.85. The van der Waals surface area contributed by atoms with E-state index in [1.54, 1.807) is 0 Å². The van der Waals surface area contributed by atoms with Gasteiger partial charge in [0.1, 0.15) is 12.4 Å². The normalized spacial score (nSPS) is 26.8. The quantitative estimate of drug-likeness (QED) is 0.777. The maximum Gasteiger partial charge on any atom is 0.227 e. The van der Waals surface area contributed by atoms with Crippen LogP contribution in [0, 0.1) is 5.92 Å². The average molecular weight is 232 g/mol. The number of ether oxygens (including phenoxy) is 1. The number of para-hydroxylation sites is 1. The maximum absolute atomic E-state index is 12.1. The first kappa shape index (κ1) is 10.6. The largest absolute Gasteiger partial charge is 0.491 e. The molecule has 0 radical (unpaired) electrons. The molecule has 1 heterocycles. The number of nitrogens with two attached hydrogens (primary N) is 1. The van der Waals surface area contributed by atoms with Crippen molar-refractivity contribution in [2.45, 2.75) is 19.0 Å². The number of hydrogen-bond donors (Lipinski definition) is 1. The summed E-state index contributed by atoms with van der Waals surface area (Å²) < 4.78 is 5.63. The van der Waals surface area contributed by atoms with Crippen molar-refractivity contribution < 1.29 is 9.53 Å². The van der Waals surface area contributed by atoms with Gasteiger partial charge in [0, 0.05) is 18.2 Å². The van der Waals surface area contributed by atoms with E-state index < -0.39 is 0 Å². The van der Waals surface area contributed by atoms with E-state index >= 15 is 0 Å². The number of rotatable bonds is 1. The van der Waals surface area contributed by atoms with Crippen molar-refractivity contribution in [3.8, 4) is 5.75 Å². The molecule has 3 rings (SSSR count). The summed E-state index contributed by atoms with van der Waals surface area (Å²) in [6.07, 6.45) is 0.831. The molecule has 2 unspecified atom stereocenters. The van der Waals surface area contributed by atoms with Crippen LogP contribution in [0.1, 0.15) is 12.0 Å². The highest BCUT2D eigenvalue weighted by atomic mass is 16.5. The van der Waals surface area contributed by atoms with E-state index in [9.17, 15) is 4.79 Å². The van der Waals surface area contributed by atoms with Crippen LogP contribution in [0.3, 0.4) is 0 Å². The van der Waals surface area contributed by atoms with Crippen LogP contribution in [-0.4, -0.2) is 30.0 Å². The third-order valence-electron chi connectivity index (χ3n) is 3.42. The summed E-state index contributed by atoms with van der Waals surface area (Å²) in [7, 11) is 0. The molecule has 4 nitrogen and oxygen atoms in total. The van der Waals surface area contributed by atoms with Gasteiger partial charge in [-0.15, -0.1) is 0 Å². The first-order chi connectivity index (χ1) is 8.25. The van der Waals surface area contributed by atoms with Crippen LogP contribution < -0.4 is 10.5 Å². The van der Waals surface area contributed by atoms with Crippen LogP contribution in [0.4, 0.5) is 0 Å². The summed E-state index contributed by atoms with van der Waals surface area (Å²) in [5, 5.41) is 0. The number of amides is 1. The fourth-order valence-electron chi connectivity index (χ4n) is 2.25. The lowest BCUT2D eigenvalue weighted by molar-refractivity contribution is -0.133. The molecule has 0 aromatic heterocycles. The second kappa shape index (κ2) is 4.04. The van der Waals surface area contributed by atoms with Gasteiger partial charge in [-0.05, 0) is 12.5 Å². The van der Waals surface area contributed by atoms with Gasteiger partial charge in [0.25, 0.3) is 0 Å². The fourth-order valence-corrected chi connectivity index (χ4v) is 2.25. The van der Waals surface area contributed by atoms with Crippen molar-refractivity contribution in [2.24, 2.45) is 11.7 Å². The van der Waals surface area contributed by atoms with Crippen LogP contribution >= 0.6 is 0 Å². The topological polar surface area (TPSA) is 55.6 Å². The second-order valence-electron chi connectivity index (χ2n) is 4.72. The third kappa shape index (κ3) is 2.00. The van der Waals surface area contributed by atoms with Gasteiger partial charge in [-0.25, -0.2) is 0 Å². The number of benzene rings is 1. The van der Waals surface area contributed by atoms with Crippen molar-refractivity contribution in [3.63, 3.8) is 0 Å². The summed E-state index contributed by atoms with van der Waals surface area (Å²) in [5.74, 6) is 1.11. The highest BCUT2D eigenvalue weighted by Gasteiger charge is 2.42. The van der Waals surface area contributed by atoms with E-state index in [-0.39, 0.29) is 17.9 Å². The minimum absolute atomic E-state index is 0.0419. The number of nitrogens with zero attached hydrogens (tertiary/aromatic N) is 1. The van der Waals surface area contributed by atoms with Crippen LogP contribution in [0.2, 0.25) is 0 Å². The van der Waals surface area contributed by atoms with Crippen LogP contribution in [0.5, 0.6) is 5.75 Å². The average Bonchev–Trinajstić information content (AvgIpc) is 3.09. The molecule has 1 saturated carbocycles. The zero-order valence-corrected chi connectivity index (χ0v) is 9.63. The zero-order valence-electron chi connectivity index (χ0n) is 9.63. The number of fused-ring (bicyclic) bond motifs is 1. The molecule has 1 fully saturated rings. The molecule has 0 spiro atoms. The molecule has 2 aliphatic rings. The Bertz CT molecular complexity index is 447. The van der Waals surface area contributed by atoms with Crippen molar-refractivity contribution in [1.29, 1.82) is 0 Å². The predicted molar refractivity (Wildman–Crippen MR) is 63.4 cm³/mol. The minimum atomic E-state index is 0.0419. The molecule has 1 aromatic carbocycles. The maximum atomic E-state index is 12.1. The van der Waals surface area contributed by atoms with E-state index in [2.05, 4.69) is 0 Å². The molecule has 0 bridgehead atoms. The Kier molecular flexibility index (Phi) is 2.52. The lowest BCUT2D eigenvalue weighted by atomic mass is 10.2. The van der Waals surface area contributed by atoms with Gasteiger partial charge < -0.3 is 15.4 Å². The zero-order chi connectivity index (χ0) is 11.8. The molecule has 0 saturated heterocycles. The summed E-state index contributed by atoms with van der Waals surface area (Å²) in [6, 6.07) is 7.95. The summed E-state index contributed by atoms with van der Waals surface area (Å²) in [4.78, 5) is 14.0. The highest BCUT2D eigenvalue weighted by Crippen LogP contribution is 2.31. The molecule has 2 atom stereocenters. The molecule has 1 amide bonds. The van der Waals surface area contributed by atoms with Gasteiger partial charge in [-0.2, -0.15) is 0 Å². The van der Waals surface area contributed by atoms with Gasteiger partial charge in [-0.1, -0.05) is 18.2 Å². The van der Waals surface area contributed by atoms with Crippen molar-refractivity contribution in [2.75, 3.05) is 13.2 Å². The van der Waals surface area contributed by atoms with Gasteiger partial charge in [0.15, 0.2) is 0 Å². The van der Waals surface area contributed by atoms with Crippen molar-refractivity contribution in [1.82, 2.24) is 4.90 Å². The van der Waals surface area contributed by atoms with Crippen LogP contribution in [0.15, 0.2) is 24.3 Å². The monoisotopic (exact) mass is 232 g/mol. The Morgan fingerprint density at radius 3 is 2.94 bits per heavy atom. The first-order valence-corrected chi connectivity index (χ1v) is 6.01. The molecule has 1 aliphatic heterocycles. The SMILES string of the molecule is NC1CC1C(=O)N1CCOc2ccccc2C1. The molecule has 1 aliphatic carbocycles. The van der Waals surface area contributed by atoms with Crippen LogP contribution in [-0.2, 0) is 11.3 Å². The minimum Gasteiger partial charge on any atom is -0.491 e. The van der Waals surface area contributed by atoms with E-state index in [4.69, 9.17) is 10.5 Å². The first-order valence-electron chi connectivity index (χ1n) is 6.01. The number of hydrogen-bond acceptors (Lipinski definition) is 3. The molecule has 1 aromatic rings. The Morgan fingerprint density at radius 1 is 1.41 bits per heavy atom. The van der Waals surface area contributed by atoms with E-state index in [1.165, 1.54) is 0 Å². The fraction of sp³-hybridized carbons (Fsp3) is 0.462. The molecule has 90 valence electrons. The molecule has 2 N–H and O–H groups in total. The lowest BCUT2D eigenvalue weighted by Gasteiger charge is -2.19. The highest BCUT2D eigenvalue weighted by molar-refractivity contribution is 5.82.